The molecule has 0 aliphatic carbocycles. The van der Waals surface area contributed by atoms with Gasteiger partial charge in [0.2, 0.25) is 0 Å². The van der Waals surface area contributed by atoms with E-state index in [9.17, 15) is 9.90 Å². The van der Waals surface area contributed by atoms with Crippen LogP contribution < -0.4 is 10.1 Å². The summed E-state index contributed by atoms with van der Waals surface area (Å²) in [5, 5.41) is 12.2. The van der Waals surface area contributed by atoms with Gasteiger partial charge in [-0.05, 0) is 36.8 Å². The molecule has 0 fully saturated rings. The van der Waals surface area contributed by atoms with E-state index in [1.165, 1.54) is 7.11 Å². The fraction of sp³-hybridized carbons (Fsp3) is 0.188. The highest BCUT2D eigenvalue weighted by atomic mass is 16.5. The Kier molecular flexibility index (Phi) is 4.38. The molecule has 2 rings (SSSR count). The van der Waals surface area contributed by atoms with Gasteiger partial charge in [-0.1, -0.05) is 24.3 Å². The summed E-state index contributed by atoms with van der Waals surface area (Å²) in [7, 11) is 1.53. The Hall–Kier alpha value is -2.33. The second-order valence-electron chi connectivity index (χ2n) is 4.45. The first-order chi connectivity index (χ1) is 9.61. The zero-order valence-corrected chi connectivity index (χ0v) is 11.5. The molecular formula is C16H17NO3. The van der Waals surface area contributed by atoms with Crippen LogP contribution in [0.15, 0.2) is 48.5 Å². The molecule has 0 radical (unpaired) electrons. The van der Waals surface area contributed by atoms with Gasteiger partial charge in [-0.2, -0.15) is 0 Å². The van der Waals surface area contributed by atoms with Crippen LogP contribution in [-0.4, -0.2) is 18.1 Å². The van der Waals surface area contributed by atoms with Crippen LogP contribution in [0.1, 0.15) is 28.9 Å². The summed E-state index contributed by atoms with van der Waals surface area (Å²) in [6, 6.07) is 14.1. The van der Waals surface area contributed by atoms with E-state index in [1.807, 2.05) is 6.07 Å². The van der Waals surface area contributed by atoms with Gasteiger partial charge in [0.05, 0.1) is 18.8 Å². The van der Waals surface area contributed by atoms with E-state index in [1.54, 1.807) is 49.4 Å². The first kappa shape index (κ1) is 14.1. The molecule has 0 saturated carbocycles. The average Bonchev–Trinajstić information content (AvgIpc) is 2.47. The molecule has 2 aromatic carbocycles. The smallest absolute Gasteiger partial charge is 0.259 e. The molecule has 0 aromatic heterocycles. The molecule has 104 valence electrons. The number of carbonyl (C=O) groups is 1. The Balaban J connectivity index is 2.15. The summed E-state index contributed by atoms with van der Waals surface area (Å²) >= 11 is 0. The van der Waals surface area contributed by atoms with Crippen molar-refractivity contribution >= 4 is 11.6 Å². The van der Waals surface area contributed by atoms with Crippen molar-refractivity contribution in [3.63, 3.8) is 0 Å². The summed E-state index contributed by atoms with van der Waals surface area (Å²) in [5.41, 5.74) is 1.96. The van der Waals surface area contributed by atoms with Crippen LogP contribution in [-0.2, 0) is 0 Å². The minimum absolute atomic E-state index is 0.229. The third-order valence-corrected chi connectivity index (χ3v) is 3.00. The van der Waals surface area contributed by atoms with Crippen molar-refractivity contribution in [2.24, 2.45) is 0 Å². The molecule has 4 heteroatoms. The van der Waals surface area contributed by atoms with Gasteiger partial charge >= 0.3 is 0 Å². The van der Waals surface area contributed by atoms with E-state index in [4.69, 9.17) is 4.74 Å². The van der Waals surface area contributed by atoms with Crippen LogP contribution in [0.5, 0.6) is 5.75 Å². The third kappa shape index (κ3) is 3.16. The molecule has 0 bridgehead atoms. The highest BCUT2D eigenvalue weighted by Gasteiger charge is 2.11. The molecule has 1 amide bonds. The molecule has 0 aliphatic heterocycles. The second kappa shape index (κ2) is 6.21. The third-order valence-electron chi connectivity index (χ3n) is 3.00. The topological polar surface area (TPSA) is 58.6 Å². The summed E-state index contributed by atoms with van der Waals surface area (Å²) < 4.78 is 5.16. The average molecular weight is 271 g/mol. The van der Waals surface area contributed by atoms with E-state index in [0.29, 0.717) is 17.0 Å². The number of nitrogens with one attached hydrogen (secondary N) is 1. The molecular weight excluding hydrogens is 254 g/mol. The number of aliphatic hydroxyl groups excluding tert-OH is 1. The molecule has 0 saturated heterocycles. The first-order valence-electron chi connectivity index (χ1n) is 6.34. The molecule has 20 heavy (non-hydrogen) atoms. The molecule has 2 aromatic rings. The van der Waals surface area contributed by atoms with E-state index >= 15 is 0 Å². The molecule has 0 aliphatic rings. The molecule has 0 heterocycles. The normalized spacial score (nSPS) is 11.8. The zero-order valence-electron chi connectivity index (χ0n) is 11.5. The van der Waals surface area contributed by atoms with Crippen LogP contribution in [0, 0.1) is 0 Å². The lowest BCUT2D eigenvalue weighted by molar-refractivity contribution is 0.102. The number of anilines is 1. The Morgan fingerprint density at radius 3 is 2.40 bits per heavy atom. The Morgan fingerprint density at radius 2 is 1.80 bits per heavy atom. The van der Waals surface area contributed by atoms with Gasteiger partial charge in [-0.25, -0.2) is 0 Å². The van der Waals surface area contributed by atoms with Gasteiger partial charge in [0.15, 0.2) is 0 Å². The lowest BCUT2D eigenvalue weighted by atomic mass is 10.1. The summed E-state index contributed by atoms with van der Waals surface area (Å²) in [6.45, 7) is 1.70. The van der Waals surface area contributed by atoms with Crippen LogP contribution in [0.3, 0.4) is 0 Å². The van der Waals surface area contributed by atoms with Gasteiger partial charge < -0.3 is 15.2 Å². The number of hydrogen-bond donors (Lipinski definition) is 2. The number of carbonyl (C=O) groups excluding carboxylic acids is 1. The van der Waals surface area contributed by atoms with Crippen molar-refractivity contribution in [1.82, 2.24) is 0 Å². The van der Waals surface area contributed by atoms with Crippen LogP contribution >= 0.6 is 0 Å². The minimum Gasteiger partial charge on any atom is -0.496 e. The quantitative estimate of drug-likeness (QED) is 0.898. The highest BCUT2D eigenvalue weighted by molar-refractivity contribution is 6.06. The Morgan fingerprint density at radius 1 is 1.15 bits per heavy atom. The van der Waals surface area contributed by atoms with Gasteiger partial charge in [0.25, 0.3) is 5.91 Å². The van der Waals surface area contributed by atoms with Gasteiger partial charge in [0, 0.05) is 5.69 Å². The van der Waals surface area contributed by atoms with Crippen molar-refractivity contribution in [1.29, 1.82) is 0 Å². The molecule has 0 spiro atoms. The number of aliphatic hydroxyl groups is 1. The molecule has 4 nitrogen and oxygen atoms in total. The van der Waals surface area contributed by atoms with Crippen LogP contribution in [0.25, 0.3) is 0 Å². The maximum absolute atomic E-state index is 12.2. The molecule has 1 atom stereocenters. The van der Waals surface area contributed by atoms with Crippen molar-refractivity contribution < 1.29 is 14.6 Å². The SMILES string of the molecule is COc1ccccc1C(=O)Nc1ccc([C@@H](C)O)cc1. The lowest BCUT2D eigenvalue weighted by Crippen LogP contribution is -2.13. The number of benzene rings is 2. The van der Waals surface area contributed by atoms with Crippen molar-refractivity contribution in [3.8, 4) is 5.75 Å². The molecule has 2 N–H and O–H groups in total. The highest BCUT2D eigenvalue weighted by Crippen LogP contribution is 2.20. The van der Waals surface area contributed by atoms with E-state index in [-0.39, 0.29) is 5.91 Å². The van der Waals surface area contributed by atoms with Crippen LogP contribution in [0.4, 0.5) is 5.69 Å². The van der Waals surface area contributed by atoms with Crippen molar-refractivity contribution in [3.05, 3.63) is 59.7 Å². The predicted octanol–water partition coefficient (Wildman–Crippen LogP) is 3.00. The van der Waals surface area contributed by atoms with Gasteiger partial charge in [-0.15, -0.1) is 0 Å². The second-order valence-corrected chi connectivity index (χ2v) is 4.45. The maximum Gasteiger partial charge on any atom is 0.259 e. The lowest BCUT2D eigenvalue weighted by Gasteiger charge is -2.10. The number of ether oxygens (including phenoxy) is 1. The first-order valence-corrected chi connectivity index (χ1v) is 6.34. The van der Waals surface area contributed by atoms with Crippen molar-refractivity contribution in [2.45, 2.75) is 13.0 Å². The standard InChI is InChI=1S/C16H17NO3/c1-11(18)12-7-9-13(10-8-12)17-16(19)14-5-3-4-6-15(14)20-2/h3-11,18H,1-2H3,(H,17,19)/t11-/m1/s1. The summed E-state index contributed by atoms with van der Waals surface area (Å²) in [5.74, 6) is 0.304. The predicted molar refractivity (Wildman–Crippen MR) is 78.0 cm³/mol. The minimum atomic E-state index is -0.519. The van der Waals surface area contributed by atoms with Gasteiger partial charge in [0.1, 0.15) is 5.75 Å². The molecule has 0 unspecified atom stereocenters. The Labute approximate surface area is 118 Å². The number of para-hydroxylation sites is 1. The fourth-order valence-electron chi connectivity index (χ4n) is 1.88. The monoisotopic (exact) mass is 271 g/mol. The maximum atomic E-state index is 12.2. The van der Waals surface area contributed by atoms with E-state index in [2.05, 4.69) is 5.32 Å². The Bertz CT molecular complexity index is 591. The van der Waals surface area contributed by atoms with E-state index in [0.717, 1.165) is 5.56 Å². The number of rotatable bonds is 4. The zero-order chi connectivity index (χ0) is 14.5. The number of hydrogen-bond acceptors (Lipinski definition) is 3. The van der Waals surface area contributed by atoms with Crippen LogP contribution in [0.2, 0.25) is 0 Å². The van der Waals surface area contributed by atoms with Gasteiger partial charge in [-0.3, -0.25) is 4.79 Å². The summed E-state index contributed by atoms with van der Waals surface area (Å²) in [4.78, 5) is 12.2. The number of amides is 1. The largest absolute Gasteiger partial charge is 0.496 e. The van der Waals surface area contributed by atoms with Crippen molar-refractivity contribution in [2.75, 3.05) is 12.4 Å². The fourth-order valence-corrected chi connectivity index (χ4v) is 1.88. The number of methoxy groups -OCH3 is 1. The van der Waals surface area contributed by atoms with E-state index < -0.39 is 6.10 Å². The summed E-state index contributed by atoms with van der Waals surface area (Å²) in [6.07, 6.45) is -0.519.